The Morgan fingerprint density at radius 1 is 1.20 bits per heavy atom. The maximum Gasteiger partial charge on any atom is 0.161 e. The molecule has 5 heteroatoms. The Labute approximate surface area is 126 Å². The van der Waals surface area contributed by atoms with Gasteiger partial charge in [0.2, 0.25) is 0 Å². The zero-order chi connectivity index (χ0) is 15.1. The highest BCUT2D eigenvalue weighted by Crippen LogP contribution is 2.33. The molecule has 0 unspecified atom stereocenters. The SMILES string of the molecule is Cc1ccc(-c2nc(N)c(Br)c(C(C)(C)C)n2)cc1F. The van der Waals surface area contributed by atoms with Gasteiger partial charge in [0.15, 0.2) is 5.82 Å². The van der Waals surface area contributed by atoms with Crippen LogP contribution in [0, 0.1) is 12.7 Å². The molecule has 2 rings (SSSR count). The minimum Gasteiger partial charge on any atom is -0.383 e. The number of anilines is 1. The van der Waals surface area contributed by atoms with Gasteiger partial charge in [0.25, 0.3) is 0 Å². The highest BCUT2D eigenvalue weighted by Gasteiger charge is 2.22. The van der Waals surface area contributed by atoms with Crippen LogP contribution < -0.4 is 5.73 Å². The van der Waals surface area contributed by atoms with E-state index >= 15 is 0 Å². The highest BCUT2D eigenvalue weighted by atomic mass is 79.9. The van der Waals surface area contributed by atoms with Crippen LogP contribution in [0.3, 0.4) is 0 Å². The second-order valence-electron chi connectivity index (χ2n) is 5.81. The molecule has 0 fully saturated rings. The molecule has 0 amide bonds. The molecule has 1 heterocycles. The van der Waals surface area contributed by atoms with Crippen molar-refractivity contribution in [2.24, 2.45) is 0 Å². The number of nitrogen functional groups attached to an aromatic ring is 1. The van der Waals surface area contributed by atoms with E-state index in [-0.39, 0.29) is 11.2 Å². The van der Waals surface area contributed by atoms with Gasteiger partial charge in [-0.2, -0.15) is 0 Å². The third kappa shape index (κ3) is 2.82. The summed E-state index contributed by atoms with van der Waals surface area (Å²) in [6, 6.07) is 4.95. The molecule has 0 aliphatic rings. The Balaban J connectivity index is 2.63. The van der Waals surface area contributed by atoms with Crippen LogP contribution in [0.4, 0.5) is 10.2 Å². The largest absolute Gasteiger partial charge is 0.383 e. The predicted octanol–water partition coefficient (Wildman–Crippen LogP) is 4.23. The average molecular weight is 338 g/mol. The van der Waals surface area contributed by atoms with E-state index in [1.54, 1.807) is 19.1 Å². The van der Waals surface area contributed by atoms with Gasteiger partial charge < -0.3 is 5.73 Å². The maximum atomic E-state index is 13.7. The van der Waals surface area contributed by atoms with Crippen LogP contribution in [0.2, 0.25) is 0 Å². The van der Waals surface area contributed by atoms with Crippen LogP contribution in [0.1, 0.15) is 32.0 Å². The number of hydrogen-bond donors (Lipinski definition) is 1. The number of nitrogens with zero attached hydrogens (tertiary/aromatic N) is 2. The Morgan fingerprint density at radius 2 is 1.85 bits per heavy atom. The van der Waals surface area contributed by atoms with Crippen molar-refractivity contribution in [1.82, 2.24) is 9.97 Å². The van der Waals surface area contributed by atoms with Crippen molar-refractivity contribution in [2.75, 3.05) is 5.73 Å². The van der Waals surface area contributed by atoms with Crippen LogP contribution in [0.25, 0.3) is 11.4 Å². The first kappa shape index (κ1) is 14.9. The third-order valence-electron chi connectivity index (χ3n) is 3.02. The van der Waals surface area contributed by atoms with Gasteiger partial charge in [0.05, 0.1) is 10.2 Å². The normalized spacial score (nSPS) is 11.7. The molecule has 0 aliphatic heterocycles. The Bertz CT molecular complexity index is 663. The number of nitrogens with two attached hydrogens (primary N) is 1. The van der Waals surface area contributed by atoms with E-state index in [2.05, 4.69) is 25.9 Å². The van der Waals surface area contributed by atoms with E-state index < -0.39 is 0 Å². The lowest BCUT2D eigenvalue weighted by molar-refractivity contribution is 0.564. The zero-order valence-electron chi connectivity index (χ0n) is 12.0. The van der Waals surface area contributed by atoms with Gasteiger partial charge in [-0.05, 0) is 34.5 Å². The summed E-state index contributed by atoms with van der Waals surface area (Å²) in [6.07, 6.45) is 0. The molecule has 0 radical (unpaired) electrons. The van der Waals surface area contributed by atoms with Crippen LogP contribution in [-0.4, -0.2) is 9.97 Å². The van der Waals surface area contributed by atoms with E-state index in [0.717, 1.165) is 5.69 Å². The minimum absolute atomic E-state index is 0.187. The van der Waals surface area contributed by atoms with E-state index in [9.17, 15) is 4.39 Å². The molecule has 0 saturated carbocycles. The second-order valence-corrected chi connectivity index (χ2v) is 6.60. The first-order valence-electron chi connectivity index (χ1n) is 6.30. The quantitative estimate of drug-likeness (QED) is 0.846. The topological polar surface area (TPSA) is 51.8 Å². The fourth-order valence-electron chi connectivity index (χ4n) is 1.82. The van der Waals surface area contributed by atoms with Crippen molar-refractivity contribution in [3.8, 4) is 11.4 Å². The van der Waals surface area contributed by atoms with Crippen molar-refractivity contribution >= 4 is 21.7 Å². The summed E-state index contributed by atoms with van der Waals surface area (Å²) in [4.78, 5) is 8.78. The molecular formula is C15H17BrFN3. The Morgan fingerprint density at radius 3 is 2.40 bits per heavy atom. The summed E-state index contributed by atoms with van der Waals surface area (Å²) in [7, 11) is 0. The molecule has 1 aromatic carbocycles. The molecule has 0 spiro atoms. The minimum atomic E-state index is -0.273. The zero-order valence-corrected chi connectivity index (χ0v) is 13.5. The molecule has 0 aliphatic carbocycles. The van der Waals surface area contributed by atoms with Gasteiger partial charge >= 0.3 is 0 Å². The van der Waals surface area contributed by atoms with E-state index in [1.807, 2.05) is 20.8 Å². The number of hydrogen-bond acceptors (Lipinski definition) is 3. The summed E-state index contributed by atoms with van der Waals surface area (Å²) in [5, 5.41) is 0. The lowest BCUT2D eigenvalue weighted by atomic mass is 9.91. The fourth-order valence-corrected chi connectivity index (χ4v) is 2.59. The monoisotopic (exact) mass is 337 g/mol. The number of halogens is 2. The van der Waals surface area contributed by atoms with Gasteiger partial charge in [0, 0.05) is 11.0 Å². The van der Waals surface area contributed by atoms with Gasteiger partial charge in [-0.3, -0.25) is 0 Å². The van der Waals surface area contributed by atoms with E-state index in [4.69, 9.17) is 5.73 Å². The van der Waals surface area contributed by atoms with Crippen LogP contribution >= 0.6 is 15.9 Å². The smallest absolute Gasteiger partial charge is 0.161 e. The van der Waals surface area contributed by atoms with Crippen molar-refractivity contribution in [3.05, 3.63) is 39.7 Å². The van der Waals surface area contributed by atoms with Crippen LogP contribution in [0.15, 0.2) is 22.7 Å². The summed E-state index contributed by atoms with van der Waals surface area (Å²) in [5.41, 5.74) is 7.77. The first-order valence-corrected chi connectivity index (χ1v) is 7.09. The number of aromatic nitrogens is 2. The molecule has 0 atom stereocenters. The van der Waals surface area contributed by atoms with Crippen LogP contribution in [0.5, 0.6) is 0 Å². The van der Waals surface area contributed by atoms with Gasteiger partial charge in [-0.1, -0.05) is 32.9 Å². The molecule has 2 aromatic rings. The van der Waals surface area contributed by atoms with Gasteiger partial charge in [-0.15, -0.1) is 0 Å². The molecule has 106 valence electrons. The molecule has 3 nitrogen and oxygen atoms in total. The van der Waals surface area contributed by atoms with Crippen molar-refractivity contribution in [3.63, 3.8) is 0 Å². The molecule has 0 bridgehead atoms. The lowest BCUT2D eigenvalue weighted by Crippen LogP contribution is -2.17. The summed E-state index contributed by atoms with van der Waals surface area (Å²) >= 11 is 3.42. The molecule has 20 heavy (non-hydrogen) atoms. The fraction of sp³-hybridized carbons (Fsp3) is 0.333. The first-order chi connectivity index (χ1) is 9.20. The molecule has 1 aromatic heterocycles. The lowest BCUT2D eigenvalue weighted by Gasteiger charge is -2.21. The van der Waals surface area contributed by atoms with Gasteiger partial charge in [-0.25, -0.2) is 14.4 Å². The maximum absolute atomic E-state index is 13.7. The van der Waals surface area contributed by atoms with Crippen molar-refractivity contribution in [2.45, 2.75) is 33.1 Å². The van der Waals surface area contributed by atoms with Crippen LogP contribution in [-0.2, 0) is 5.41 Å². The van der Waals surface area contributed by atoms with Gasteiger partial charge in [0.1, 0.15) is 11.6 Å². The molecule has 0 saturated heterocycles. The number of aryl methyl sites for hydroxylation is 1. The summed E-state index contributed by atoms with van der Waals surface area (Å²) in [5.74, 6) is 0.528. The summed E-state index contributed by atoms with van der Waals surface area (Å²) < 4.78 is 14.4. The Kier molecular flexibility index (Phi) is 3.82. The number of benzene rings is 1. The highest BCUT2D eigenvalue weighted by molar-refractivity contribution is 9.10. The molecule has 2 N–H and O–H groups in total. The standard InChI is InChI=1S/C15H17BrFN3/c1-8-5-6-9(7-10(8)17)14-19-12(15(2,3)4)11(16)13(18)20-14/h5-7H,1-4H3,(H2,18,19,20). The van der Waals surface area contributed by atoms with Crippen molar-refractivity contribution < 1.29 is 4.39 Å². The number of rotatable bonds is 1. The summed E-state index contributed by atoms with van der Waals surface area (Å²) in [6.45, 7) is 7.84. The average Bonchev–Trinajstić information content (AvgIpc) is 2.34. The van der Waals surface area contributed by atoms with E-state index in [1.165, 1.54) is 6.07 Å². The predicted molar refractivity (Wildman–Crippen MR) is 83.0 cm³/mol. The second kappa shape index (κ2) is 5.13. The van der Waals surface area contributed by atoms with E-state index in [0.29, 0.717) is 27.2 Å². The molecular weight excluding hydrogens is 321 g/mol. The third-order valence-corrected chi connectivity index (χ3v) is 3.80. The van der Waals surface area contributed by atoms with Crippen molar-refractivity contribution in [1.29, 1.82) is 0 Å². The Hall–Kier alpha value is -1.49.